The average Bonchev–Trinajstić information content (AvgIpc) is 3.06. The molecular weight excluding hydrogens is 444 g/mol. The predicted octanol–water partition coefficient (Wildman–Crippen LogP) is 4.63. The standard InChI is InChI=1S/C20H12BrClN4O2/c21-16-17(25-26-10-4-9-23-19(16)26)20(28)24-15-8-7-13(22)11-14(15)18(27)12-5-2-1-3-6-12/h1-11H,(H,24,28). The molecule has 4 rings (SSSR count). The summed E-state index contributed by atoms with van der Waals surface area (Å²) in [5, 5.41) is 7.40. The third-order valence-corrected chi connectivity index (χ3v) is 5.03. The summed E-state index contributed by atoms with van der Waals surface area (Å²) >= 11 is 9.45. The number of ketones is 1. The lowest BCUT2D eigenvalue weighted by Crippen LogP contribution is -2.16. The van der Waals surface area contributed by atoms with Gasteiger partial charge in [-0.15, -0.1) is 0 Å². The van der Waals surface area contributed by atoms with Gasteiger partial charge in [-0.2, -0.15) is 5.10 Å². The highest BCUT2D eigenvalue weighted by Gasteiger charge is 2.21. The number of hydrogen-bond acceptors (Lipinski definition) is 4. The quantitative estimate of drug-likeness (QED) is 0.455. The van der Waals surface area contributed by atoms with E-state index in [4.69, 9.17) is 11.6 Å². The number of fused-ring (bicyclic) bond motifs is 1. The van der Waals surface area contributed by atoms with Crippen molar-refractivity contribution in [3.63, 3.8) is 0 Å². The van der Waals surface area contributed by atoms with Crippen LogP contribution in [-0.4, -0.2) is 26.3 Å². The molecule has 2 aromatic carbocycles. The molecule has 0 saturated heterocycles. The molecule has 1 amide bonds. The van der Waals surface area contributed by atoms with E-state index in [9.17, 15) is 9.59 Å². The van der Waals surface area contributed by atoms with Crippen molar-refractivity contribution >= 4 is 50.6 Å². The smallest absolute Gasteiger partial charge is 0.277 e. The van der Waals surface area contributed by atoms with E-state index in [0.29, 0.717) is 32.0 Å². The molecule has 8 heteroatoms. The zero-order chi connectivity index (χ0) is 19.7. The second kappa shape index (κ2) is 7.53. The van der Waals surface area contributed by atoms with Gasteiger partial charge in [0, 0.05) is 28.5 Å². The third kappa shape index (κ3) is 3.42. The van der Waals surface area contributed by atoms with Gasteiger partial charge >= 0.3 is 0 Å². The average molecular weight is 456 g/mol. The van der Waals surface area contributed by atoms with Gasteiger partial charge in [0.2, 0.25) is 0 Å². The van der Waals surface area contributed by atoms with Gasteiger partial charge in [0.1, 0.15) is 0 Å². The molecule has 0 bridgehead atoms. The number of rotatable bonds is 4. The van der Waals surface area contributed by atoms with Crippen LogP contribution in [0.5, 0.6) is 0 Å². The topological polar surface area (TPSA) is 76.4 Å². The van der Waals surface area contributed by atoms with Crippen LogP contribution in [0.25, 0.3) is 5.65 Å². The van der Waals surface area contributed by atoms with E-state index in [0.717, 1.165) is 0 Å². The van der Waals surface area contributed by atoms with E-state index in [1.807, 2.05) is 6.07 Å². The SMILES string of the molecule is O=C(c1ccccc1)c1cc(Cl)ccc1NC(=O)c1nn2cccnc2c1Br. The molecule has 0 saturated carbocycles. The van der Waals surface area contributed by atoms with E-state index in [2.05, 4.69) is 31.3 Å². The first-order valence-corrected chi connectivity index (χ1v) is 9.41. The molecule has 0 atom stereocenters. The van der Waals surface area contributed by atoms with Crippen molar-refractivity contribution in [2.75, 3.05) is 5.32 Å². The van der Waals surface area contributed by atoms with Crippen LogP contribution in [0.4, 0.5) is 5.69 Å². The van der Waals surface area contributed by atoms with Crippen LogP contribution in [0.2, 0.25) is 5.02 Å². The van der Waals surface area contributed by atoms with Crippen LogP contribution < -0.4 is 5.32 Å². The third-order valence-electron chi connectivity index (χ3n) is 4.06. The van der Waals surface area contributed by atoms with Crippen LogP contribution in [0.3, 0.4) is 0 Å². The Hall–Kier alpha value is -3.03. The maximum Gasteiger partial charge on any atom is 0.277 e. The summed E-state index contributed by atoms with van der Waals surface area (Å²) in [6, 6.07) is 15.2. The van der Waals surface area contributed by atoms with Gasteiger partial charge < -0.3 is 5.32 Å². The minimum Gasteiger partial charge on any atom is -0.320 e. The van der Waals surface area contributed by atoms with Crippen LogP contribution in [0.1, 0.15) is 26.4 Å². The summed E-state index contributed by atoms with van der Waals surface area (Å²) in [6.45, 7) is 0. The van der Waals surface area contributed by atoms with Crippen molar-refractivity contribution in [2.45, 2.75) is 0 Å². The Bertz CT molecular complexity index is 1210. The number of carbonyl (C=O) groups is 2. The van der Waals surface area contributed by atoms with Gasteiger partial charge in [-0.3, -0.25) is 9.59 Å². The van der Waals surface area contributed by atoms with E-state index in [1.165, 1.54) is 10.6 Å². The van der Waals surface area contributed by atoms with Gasteiger partial charge in [-0.1, -0.05) is 41.9 Å². The first-order valence-electron chi connectivity index (χ1n) is 8.24. The van der Waals surface area contributed by atoms with Gasteiger partial charge in [-0.05, 0) is 40.2 Å². The number of carbonyl (C=O) groups excluding carboxylic acids is 2. The van der Waals surface area contributed by atoms with Gasteiger partial charge in [0.15, 0.2) is 17.1 Å². The Morgan fingerprint density at radius 1 is 1.07 bits per heavy atom. The van der Waals surface area contributed by atoms with Crippen LogP contribution in [0.15, 0.2) is 71.5 Å². The summed E-state index contributed by atoms with van der Waals surface area (Å²) in [5.41, 5.74) is 1.82. The largest absolute Gasteiger partial charge is 0.320 e. The second-order valence-electron chi connectivity index (χ2n) is 5.89. The van der Waals surface area contributed by atoms with E-state index < -0.39 is 5.91 Å². The minimum atomic E-state index is -0.471. The summed E-state index contributed by atoms with van der Waals surface area (Å²) in [4.78, 5) is 29.9. The maximum atomic E-state index is 12.9. The molecule has 2 heterocycles. The lowest BCUT2D eigenvalue weighted by molar-refractivity contribution is 0.102. The lowest BCUT2D eigenvalue weighted by Gasteiger charge is -2.10. The van der Waals surface area contributed by atoms with Crippen molar-refractivity contribution < 1.29 is 9.59 Å². The molecule has 0 spiro atoms. The molecule has 0 fully saturated rings. The number of anilines is 1. The van der Waals surface area contributed by atoms with E-state index >= 15 is 0 Å². The molecule has 0 unspecified atom stereocenters. The molecule has 28 heavy (non-hydrogen) atoms. The molecule has 1 N–H and O–H groups in total. The van der Waals surface area contributed by atoms with Gasteiger partial charge in [0.05, 0.1) is 10.2 Å². The fourth-order valence-electron chi connectivity index (χ4n) is 2.74. The Kier molecular flexibility index (Phi) is 4.93. The van der Waals surface area contributed by atoms with Crippen molar-refractivity contribution in [2.24, 2.45) is 0 Å². The summed E-state index contributed by atoms with van der Waals surface area (Å²) in [5.74, 6) is -0.712. The molecule has 4 aromatic rings. The molecular formula is C20H12BrClN4O2. The molecule has 6 nitrogen and oxygen atoms in total. The Labute approximate surface area is 173 Å². The number of benzene rings is 2. The number of hydrogen-bond donors (Lipinski definition) is 1. The summed E-state index contributed by atoms with van der Waals surface area (Å²) in [6.07, 6.45) is 3.30. The lowest BCUT2D eigenvalue weighted by atomic mass is 10.0. The highest BCUT2D eigenvalue weighted by atomic mass is 79.9. The molecule has 2 aromatic heterocycles. The Balaban J connectivity index is 1.71. The van der Waals surface area contributed by atoms with Crippen LogP contribution >= 0.6 is 27.5 Å². The molecule has 0 radical (unpaired) electrons. The van der Waals surface area contributed by atoms with Gasteiger partial charge in [0.25, 0.3) is 5.91 Å². The summed E-state index contributed by atoms with van der Waals surface area (Å²) < 4.78 is 1.96. The van der Waals surface area contributed by atoms with Crippen LogP contribution in [-0.2, 0) is 0 Å². The van der Waals surface area contributed by atoms with Gasteiger partial charge in [-0.25, -0.2) is 9.50 Å². The fourth-order valence-corrected chi connectivity index (χ4v) is 3.46. The molecule has 0 aliphatic rings. The maximum absolute atomic E-state index is 12.9. The second-order valence-corrected chi connectivity index (χ2v) is 7.12. The highest BCUT2D eigenvalue weighted by Crippen LogP contribution is 2.26. The highest BCUT2D eigenvalue weighted by molar-refractivity contribution is 9.10. The minimum absolute atomic E-state index is 0.159. The number of nitrogens with one attached hydrogen (secondary N) is 1. The molecule has 0 aliphatic heterocycles. The summed E-state index contributed by atoms with van der Waals surface area (Å²) in [7, 11) is 0. The van der Waals surface area contributed by atoms with Crippen molar-refractivity contribution in [3.05, 3.63) is 93.3 Å². The molecule has 138 valence electrons. The molecule has 0 aliphatic carbocycles. The predicted molar refractivity (Wildman–Crippen MR) is 110 cm³/mol. The van der Waals surface area contributed by atoms with Crippen molar-refractivity contribution in [1.29, 1.82) is 0 Å². The Morgan fingerprint density at radius 3 is 2.61 bits per heavy atom. The zero-order valence-corrected chi connectivity index (χ0v) is 16.6. The van der Waals surface area contributed by atoms with Crippen LogP contribution in [0, 0.1) is 0 Å². The van der Waals surface area contributed by atoms with Crippen molar-refractivity contribution in [1.82, 2.24) is 14.6 Å². The van der Waals surface area contributed by atoms with E-state index in [1.54, 1.807) is 54.9 Å². The number of halogens is 2. The Morgan fingerprint density at radius 2 is 1.86 bits per heavy atom. The first-order chi connectivity index (χ1) is 13.5. The van der Waals surface area contributed by atoms with Crippen molar-refractivity contribution in [3.8, 4) is 0 Å². The number of nitrogens with zero attached hydrogens (tertiary/aromatic N) is 3. The first kappa shape index (κ1) is 18.3. The normalized spacial score (nSPS) is 10.8. The zero-order valence-electron chi connectivity index (χ0n) is 14.3. The number of amides is 1. The number of aromatic nitrogens is 3. The van der Waals surface area contributed by atoms with E-state index in [-0.39, 0.29) is 11.5 Å². The fraction of sp³-hybridized carbons (Fsp3) is 0. The monoisotopic (exact) mass is 454 g/mol.